The van der Waals surface area contributed by atoms with Gasteiger partial charge in [0.05, 0.1) is 24.7 Å². The van der Waals surface area contributed by atoms with E-state index in [9.17, 15) is 0 Å². The van der Waals surface area contributed by atoms with Crippen molar-refractivity contribution in [3.63, 3.8) is 0 Å². The monoisotopic (exact) mass is 564 g/mol. The molecule has 0 bridgehead atoms. The summed E-state index contributed by atoms with van der Waals surface area (Å²) in [5, 5.41) is 6.68. The van der Waals surface area contributed by atoms with E-state index in [0.717, 1.165) is 31.4 Å². The summed E-state index contributed by atoms with van der Waals surface area (Å²) in [6.07, 6.45) is 1.81. The van der Waals surface area contributed by atoms with Crippen LogP contribution in [0.15, 0.2) is 111 Å². The SMILES string of the molecule is COc1cc(C=NN(c2ccccc2)c2ccccc2)c(Br)cc1OCc1ccc(Br)cc1. The Morgan fingerprint density at radius 2 is 1.39 bits per heavy atom. The second-order valence-electron chi connectivity index (χ2n) is 7.17. The third-order valence-electron chi connectivity index (χ3n) is 4.90. The van der Waals surface area contributed by atoms with E-state index in [1.54, 1.807) is 7.11 Å². The molecular formula is C27H22Br2N2O2. The van der Waals surface area contributed by atoms with Crippen LogP contribution in [0.5, 0.6) is 11.5 Å². The Labute approximate surface area is 210 Å². The molecule has 0 saturated heterocycles. The lowest BCUT2D eigenvalue weighted by Gasteiger charge is -2.19. The standard InChI is InChI=1S/C27H22Br2N2O2/c1-32-26-16-21(25(29)17-27(26)33-19-20-12-14-22(28)15-13-20)18-30-31(23-8-4-2-5-9-23)24-10-6-3-7-11-24/h2-18H,19H2,1H3. The number of anilines is 2. The maximum absolute atomic E-state index is 6.03. The van der Waals surface area contributed by atoms with Gasteiger partial charge in [0.25, 0.3) is 0 Å². The predicted octanol–water partition coefficient (Wildman–Crippen LogP) is 7.97. The van der Waals surface area contributed by atoms with Crippen molar-refractivity contribution in [1.82, 2.24) is 0 Å². The zero-order valence-corrected chi connectivity index (χ0v) is 21.2. The summed E-state index contributed by atoms with van der Waals surface area (Å²) in [5.41, 5.74) is 3.89. The number of ether oxygens (including phenoxy) is 2. The van der Waals surface area contributed by atoms with Crippen molar-refractivity contribution in [3.8, 4) is 11.5 Å². The number of halogens is 2. The van der Waals surface area contributed by atoms with Crippen LogP contribution in [-0.2, 0) is 6.61 Å². The number of benzene rings is 4. The number of methoxy groups -OCH3 is 1. The third kappa shape index (κ3) is 6.03. The highest BCUT2D eigenvalue weighted by molar-refractivity contribution is 9.10. The van der Waals surface area contributed by atoms with Gasteiger partial charge in [0.15, 0.2) is 11.5 Å². The van der Waals surface area contributed by atoms with Crippen LogP contribution in [0.25, 0.3) is 0 Å². The minimum Gasteiger partial charge on any atom is -0.493 e. The molecule has 0 saturated carbocycles. The summed E-state index contributed by atoms with van der Waals surface area (Å²) in [6, 6.07) is 31.9. The van der Waals surface area contributed by atoms with Crippen LogP contribution in [0.3, 0.4) is 0 Å². The van der Waals surface area contributed by atoms with E-state index < -0.39 is 0 Å². The molecule has 0 heterocycles. The Bertz CT molecular complexity index is 1170. The fraction of sp³-hybridized carbons (Fsp3) is 0.0741. The van der Waals surface area contributed by atoms with Crippen LogP contribution in [-0.4, -0.2) is 13.3 Å². The largest absolute Gasteiger partial charge is 0.493 e. The van der Waals surface area contributed by atoms with Gasteiger partial charge in [-0.1, -0.05) is 64.5 Å². The highest BCUT2D eigenvalue weighted by Gasteiger charge is 2.12. The molecule has 4 aromatic rings. The Kier molecular flexibility index (Phi) is 7.81. The van der Waals surface area contributed by atoms with Crippen molar-refractivity contribution in [2.24, 2.45) is 5.10 Å². The number of nitrogens with zero attached hydrogens (tertiary/aromatic N) is 2. The van der Waals surface area contributed by atoms with E-state index >= 15 is 0 Å². The summed E-state index contributed by atoms with van der Waals surface area (Å²) in [6.45, 7) is 0.444. The van der Waals surface area contributed by atoms with Crippen molar-refractivity contribution in [2.45, 2.75) is 6.61 Å². The summed E-state index contributed by atoms with van der Waals surface area (Å²) in [7, 11) is 1.64. The second kappa shape index (κ2) is 11.2. The van der Waals surface area contributed by atoms with Gasteiger partial charge >= 0.3 is 0 Å². The molecule has 6 heteroatoms. The normalized spacial score (nSPS) is 10.9. The van der Waals surface area contributed by atoms with E-state index in [4.69, 9.17) is 14.6 Å². The van der Waals surface area contributed by atoms with Crippen molar-refractivity contribution in [3.05, 3.63) is 117 Å². The molecule has 0 amide bonds. The lowest BCUT2D eigenvalue weighted by molar-refractivity contribution is 0.284. The molecule has 166 valence electrons. The lowest BCUT2D eigenvalue weighted by atomic mass is 10.2. The summed E-state index contributed by atoms with van der Waals surface area (Å²) in [4.78, 5) is 0. The molecule has 4 rings (SSSR count). The highest BCUT2D eigenvalue weighted by Crippen LogP contribution is 2.34. The van der Waals surface area contributed by atoms with Crippen molar-refractivity contribution in [2.75, 3.05) is 12.1 Å². The molecule has 0 aliphatic rings. The number of para-hydroxylation sites is 2. The maximum atomic E-state index is 6.03. The van der Waals surface area contributed by atoms with E-state index in [1.165, 1.54) is 0 Å². The molecule has 0 aromatic heterocycles. The highest BCUT2D eigenvalue weighted by atomic mass is 79.9. The molecule has 4 aromatic carbocycles. The first-order valence-corrected chi connectivity index (χ1v) is 11.9. The van der Waals surface area contributed by atoms with Gasteiger partial charge in [-0.15, -0.1) is 0 Å². The minimum absolute atomic E-state index is 0.444. The molecular weight excluding hydrogens is 544 g/mol. The maximum Gasteiger partial charge on any atom is 0.162 e. The fourth-order valence-electron chi connectivity index (χ4n) is 3.20. The van der Waals surface area contributed by atoms with Crippen LogP contribution in [0.4, 0.5) is 11.4 Å². The first-order valence-electron chi connectivity index (χ1n) is 10.3. The second-order valence-corrected chi connectivity index (χ2v) is 8.94. The Hall–Kier alpha value is -3.09. The molecule has 33 heavy (non-hydrogen) atoms. The van der Waals surface area contributed by atoms with E-state index in [-0.39, 0.29) is 0 Å². The van der Waals surface area contributed by atoms with Crippen LogP contribution in [0.1, 0.15) is 11.1 Å². The number of hydrazone groups is 1. The summed E-state index contributed by atoms with van der Waals surface area (Å²) < 4.78 is 13.5. The molecule has 0 aliphatic carbocycles. The zero-order valence-electron chi connectivity index (χ0n) is 18.0. The minimum atomic E-state index is 0.444. The molecule has 4 nitrogen and oxygen atoms in total. The van der Waals surface area contributed by atoms with Gasteiger partial charge in [-0.05, 0) is 70.0 Å². The Morgan fingerprint density at radius 3 is 1.97 bits per heavy atom. The van der Waals surface area contributed by atoms with Gasteiger partial charge in [-0.2, -0.15) is 5.10 Å². The smallest absolute Gasteiger partial charge is 0.162 e. The summed E-state index contributed by atoms with van der Waals surface area (Å²) in [5.74, 6) is 1.30. The zero-order chi connectivity index (χ0) is 23.0. The topological polar surface area (TPSA) is 34.1 Å². The molecule has 0 aliphatic heterocycles. The van der Waals surface area contributed by atoms with E-state index in [0.29, 0.717) is 18.1 Å². The van der Waals surface area contributed by atoms with E-state index in [1.807, 2.05) is 108 Å². The van der Waals surface area contributed by atoms with Gasteiger partial charge in [-0.3, -0.25) is 0 Å². The fourth-order valence-corrected chi connectivity index (χ4v) is 3.89. The third-order valence-corrected chi connectivity index (χ3v) is 6.12. The van der Waals surface area contributed by atoms with Gasteiger partial charge in [-0.25, -0.2) is 5.01 Å². The Morgan fingerprint density at radius 1 is 0.788 bits per heavy atom. The first kappa shape index (κ1) is 23.1. The number of hydrogen-bond acceptors (Lipinski definition) is 4. The quantitative estimate of drug-likeness (QED) is 0.160. The average Bonchev–Trinajstić information content (AvgIpc) is 2.86. The van der Waals surface area contributed by atoms with E-state index in [2.05, 4.69) is 31.9 Å². The number of hydrogen-bond donors (Lipinski definition) is 0. The molecule has 0 spiro atoms. The van der Waals surface area contributed by atoms with Gasteiger partial charge in [0.2, 0.25) is 0 Å². The van der Waals surface area contributed by atoms with Crippen molar-refractivity contribution >= 4 is 49.4 Å². The summed E-state index contributed by atoms with van der Waals surface area (Å²) >= 11 is 7.11. The molecule has 0 unspecified atom stereocenters. The lowest BCUT2D eigenvalue weighted by Crippen LogP contribution is -2.09. The van der Waals surface area contributed by atoms with Gasteiger partial charge in [0.1, 0.15) is 6.61 Å². The molecule has 0 fully saturated rings. The molecule has 0 radical (unpaired) electrons. The first-order chi connectivity index (χ1) is 16.1. The molecule has 0 atom stereocenters. The van der Waals surface area contributed by atoms with Crippen LogP contribution in [0.2, 0.25) is 0 Å². The van der Waals surface area contributed by atoms with Crippen molar-refractivity contribution in [1.29, 1.82) is 0 Å². The van der Waals surface area contributed by atoms with Crippen LogP contribution in [0, 0.1) is 0 Å². The number of rotatable bonds is 8. The average molecular weight is 566 g/mol. The Balaban J connectivity index is 1.59. The van der Waals surface area contributed by atoms with Crippen molar-refractivity contribution < 1.29 is 9.47 Å². The van der Waals surface area contributed by atoms with Gasteiger partial charge in [0, 0.05) is 14.5 Å². The molecule has 0 N–H and O–H groups in total. The van der Waals surface area contributed by atoms with Crippen LogP contribution >= 0.6 is 31.9 Å². The van der Waals surface area contributed by atoms with Crippen LogP contribution < -0.4 is 14.5 Å². The van der Waals surface area contributed by atoms with Gasteiger partial charge < -0.3 is 9.47 Å². The predicted molar refractivity (Wildman–Crippen MR) is 142 cm³/mol.